The average Bonchev–Trinajstić information content (AvgIpc) is 2.43. The van der Waals surface area contributed by atoms with Crippen molar-refractivity contribution in [2.75, 3.05) is 6.61 Å². The van der Waals surface area contributed by atoms with E-state index >= 15 is 0 Å². The minimum atomic E-state index is -0.943. The molecule has 1 aliphatic carbocycles. The predicted molar refractivity (Wildman–Crippen MR) is 87.2 cm³/mol. The molecule has 0 bridgehead atoms. The first-order valence-corrected chi connectivity index (χ1v) is 8.60. The molecule has 1 aliphatic heterocycles. The number of carboxylic acid groups (broad SMARTS) is 1. The van der Waals surface area contributed by atoms with Crippen molar-refractivity contribution >= 4 is 17.6 Å². The standard InChI is InChI=1S/C18H24ClNO3.Na/c1-11-5-14(19)6-12(2)16(11)10-20-15-3-4-23-18(9-15)7-13(8-18)17(21)22;/h5-6,13,15,20H,3-4,7-10H2,1-2H3,(H,21,22);/q;+1/p-1. The SMILES string of the molecule is Cc1cc(Cl)cc(C)c1CNC1CCOC2(C1)CC(C(=O)[O-])C2.[Na+]. The number of carboxylic acids is 1. The molecule has 2 aliphatic rings. The minimum absolute atomic E-state index is 0. The van der Waals surface area contributed by atoms with Crippen LogP contribution in [0.4, 0.5) is 0 Å². The van der Waals surface area contributed by atoms with Gasteiger partial charge in [-0.2, -0.15) is 0 Å². The number of rotatable bonds is 4. The molecule has 1 unspecified atom stereocenters. The Labute approximate surface area is 170 Å². The number of benzene rings is 1. The maximum absolute atomic E-state index is 10.9. The van der Waals surface area contributed by atoms with Crippen LogP contribution in [0, 0.1) is 19.8 Å². The zero-order valence-electron chi connectivity index (χ0n) is 14.7. The number of aryl methyl sites for hydroxylation is 2. The van der Waals surface area contributed by atoms with Gasteiger partial charge in [0.15, 0.2) is 0 Å². The molecule has 4 nitrogen and oxygen atoms in total. The Morgan fingerprint density at radius 2 is 1.96 bits per heavy atom. The second-order valence-electron chi connectivity index (χ2n) is 7.04. The molecule has 1 N–H and O–H groups in total. The first-order valence-electron chi connectivity index (χ1n) is 8.22. The number of halogens is 1. The van der Waals surface area contributed by atoms with Crippen LogP contribution in [0.25, 0.3) is 0 Å². The molecule has 1 atom stereocenters. The van der Waals surface area contributed by atoms with E-state index in [-0.39, 0.29) is 41.1 Å². The summed E-state index contributed by atoms with van der Waals surface area (Å²) < 4.78 is 5.88. The first-order chi connectivity index (χ1) is 10.9. The van der Waals surface area contributed by atoms with Crippen molar-refractivity contribution in [2.24, 2.45) is 5.92 Å². The van der Waals surface area contributed by atoms with Crippen LogP contribution in [-0.4, -0.2) is 24.2 Å². The molecule has 0 amide bonds. The molecule has 1 saturated heterocycles. The van der Waals surface area contributed by atoms with Gasteiger partial charge in [-0.15, -0.1) is 0 Å². The molecule has 0 radical (unpaired) electrons. The molecule has 1 aromatic carbocycles. The van der Waals surface area contributed by atoms with Crippen molar-refractivity contribution in [3.05, 3.63) is 33.8 Å². The molecule has 0 aromatic heterocycles. The summed E-state index contributed by atoms with van der Waals surface area (Å²) in [7, 11) is 0. The summed E-state index contributed by atoms with van der Waals surface area (Å²) in [4.78, 5) is 10.9. The van der Waals surface area contributed by atoms with E-state index < -0.39 is 5.97 Å². The maximum atomic E-state index is 10.9. The molecular weight excluding hydrogens is 337 g/mol. The van der Waals surface area contributed by atoms with E-state index in [0.717, 1.165) is 24.4 Å². The minimum Gasteiger partial charge on any atom is -0.550 e. The second-order valence-corrected chi connectivity index (χ2v) is 7.48. The number of carbonyl (C=O) groups excluding carboxylic acids is 1. The third kappa shape index (κ3) is 4.35. The number of carbonyl (C=O) groups is 1. The largest absolute Gasteiger partial charge is 1.00 e. The molecule has 24 heavy (non-hydrogen) atoms. The summed E-state index contributed by atoms with van der Waals surface area (Å²) in [6.07, 6.45) is 3.02. The van der Waals surface area contributed by atoms with Crippen LogP contribution in [0.5, 0.6) is 0 Å². The molecule has 1 heterocycles. The molecule has 6 heteroatoms. The van der Waals surface area contributed by atoms with Crippen molar-refractivity contribution in [1.82, 2.24) is 5.32 Å². The fraction of sp³-hybridized carbons (Fsp3) is 0.611. The van der Waals surface area contributed by atoms with Gasteiger partial charge in [0, 0.05) is 36.1 Å². The third-order valence-electron chi connectivity index (χ3n) is 5.29. The van der Waals surface area contributed by atoms with Crippen LogP contribution >= 0.6 is 11.6 Å². The molecule has 1 spiro atoms. The van der Waals surface area contributed by atoms with Gasteiger partial charge < -0.3 is 20.0 Å². The Hall–Kier alpha value is -0.100. The molecule has 3 rings (SSSR count). The average molecular weight is 360 g/mol. The second kappa shape index (κ2) is 8.07. The topological polar surface area (TPSA) is 61.4 Å². The zero-order valence-corrected chi connectivity index (χ0v) is 17.4. The summed E-state index contributed by atoms with van der Waals surface area (Å²) in [5, 5.41) is 15.3. The van der Waals surface area contributed by atoms with Gasteiger partial charge in [0.25, 0.3) is 0 Å². The van der Waals surface area contributed by atoms with Gasteiger partial charge in [-0.25, -0.2) is 0 Å². The van der Waals surface area contributed by atoms with E-state index in [1.165, 1.54) is 16.7 Å². The van der Waals surface area contributed by atoms with Crippen LogP contribution in [0.2, 0.25) is 5.02 Å². The monoisotopic (exact) mass is 359 g/mol. The number of aliphatic carboxylic acids is 1. The number of hydrogen-bond acceptors (Lipinski definition) is 4. The number of ether oxygens (including phenoxy) is 1. The van der Waals surface area contributed by atoms with Gasteiger partial charge in [0.1, 0.15) is 0 Å². The summed E-state index contributed by atoms with van der Waals surface area (Å²) in [5.41, 5.74) is 3.44. The zero-order chi connectivity index (χ0) is 16.6. The molecule has 126 valence electrons. The molecule has 1 aromatic rings. The van der Waals surface area contributed by atoms with Crippen LogP contribution in [0.3, 0.4) is 0 Å². The van der Waals surface area contributed by atoms with Crippen molar-refractivity contribution in [3.63, 3.8) is 0 Å². The van der Waals surface area contributed by atoms with Gasteiger partial charge in [-0.1, -0.05) is 11.6 Å². The summed E-state index contributed by atoms with van der Waals surface area (Å²) >= 11 is 6.08. The Bertz CT molecular complexity index is 593. The van der Waals surface area contributed by atoms with Crippen LogP contribution < -0.4 is 40.0 Å². The van der Waals surface area contributed by atoms with E-state index in [1.807, 2.05) is 12.1 Å². The van der Waals surface area contributed by atoms with E-state index in [9.17, 15) is 9.90 Å². The molecule has 2 fully saturated rings. The maximum Gasteiger partial charge on any atom is 1.00 e. The summed E-state index contributed by atoms with van der Waals surface area (Å²) in [5.74, 6) is -1.28. The smallest absolute Gasteiger partial charge is 0.550 e. The van der Waals surface area contributed by atoms with Crippen molar-refractivity contribution in [2.45, 2.75) is 57.7 Å². The first kappa shape index (κ1) is 20.2. The normalized spacial score (nSPS) is 29.0. The van der Waals surface area contributed by atoms with E-state index in [0.29, 0.717) is 25.5 Å². The Morgan fingerprint density at radius 3 is 2.54 bits per heavy atom. The van der Waals surface area contributed by atoms with Crippen LogP contribution in [0.15, 0.2) is 12.1 Å². The number of nitrogens with one attached hydrogen (secondary N) is 1. The Kier molecular flexibility index (Phi) is 6.79. The van der Waals surface area contributed by atoms with E-state index in [2.05, 4.69) is 19.2 Å². The predicted octanol–water partition coefficient (Wildman–Crippen LogP) is -0.872. The molecular formula is C18H23ClNNaO3. The van der Waals surface area contributed by atoms with E-state index in [1.54, 1.807) is 0 Å². The van der Waals surface area contributed by atoms with Gasteiger partial charge in [-0.05, 0) is 68.4 Å². The van der Waals surface area contributed by atoms with Crippen molar-refractivity contribution in [3.8, 4) is 0 Å². The van der Waals surface area contributed by atoms with Crippen molar-refractivity contribution < 1.29 is 44.2 Å². The quantitative estimate of drug-likeness (QED) is 0.710. The Balaban J connectivity index is 0.00000208. The third-order valence-corrected chi connectivity index (χ3v) is 5.51. The summed E-state index contributed by atoms with van der Waals surface area (Å²) in [6.45, 7) is 5.66. The summed E-state index contributed by atoms with van der Waals surface area (Å²) in [6, 6.07) is 4.35. The van der Waals surface area contributed by atoms with Gasteiger partial charge >= 0.3 is 29.6 Å². The van der Waals surface area contributed by atoms with Gasteiger partial charge in [0.2, 0.25) is 0 Å². The van der Waals surface area contributed by atoms with Gasteiger partial charge in [-0.3, -0.25) is 0 Å². The fourth-order valence-corrected chi connectivity index (χ4v) is 4.28. The van der Waals surface area contributed by atoms with Crippen LogP contribution in [0.1, 0.15) is 42.4 Å². The van der Waals surface area contributed by atoms with Crippen molar-refractivity contribution in [1.29, 1.82) is 0 Å². The van der Waals surface area contributed by atoms with E-state index in [4.69, 9.17) is 16.3 Å². The Morgan fingerprint density at radius 1 is 1.33 bits per heavy atom. The molecule has 1 saturated carbocycles. The fourth-order valence-electron chi connectivity index (χ4n) is 3.96. The number of hydrogen-bond donors (Lipinski definition) is 1. The van der Waals surface area contributed by atoms with Gasteiger partial charge in [0.05, 0.1) is 5.60 Å². The van der Waals surface area contributed by atoms with Crippen LogP contribution in [-0.2, 0) is 16.1 Å².